The van der Waals surface area contributed by atoms with Crippen molar-refractivity contribution in [2.24, 2.45) is 0 Å². The van der Waals surface area contributed by atoms with Gasteiger partial charge < -0.3 is 4.74 Å². The minimum atomic E-state index is -0.171. The van der Waals surface area contributed by atoms with E-state index < -0.39 is 0 Å². The highest BCUT2D eigenvalue weighted by atomic mass is 32.1. The Labute approximate surface area is 164 Å². The van der Waals surface area contributed by atoms with Crippen LogP contribution in [0.25, 0.3) is 10.2 Å². The van der Waals surface area contributed by atoms with Crippen molar-refractivity contribution in [3.63, 3.8) is 0 Å². The molecule has 0 unspecified atom stereocenters. The zero-order valence-electron chi connectivity index (χ0n) is 16.1. The van der Waals surface area contributed by atoms with E-state index in [0.717, 1.165) is 23.1 Å². The van der Waals surface area contributed by atoms with Crippen molar-refractivity contribution in [2.45, 2.75) is 52.6 Å². The summed E-state index contributed by atoms with van der Waals surface area (Å²) in [5, 5.41) is 3.54. The molecule has 2 aromatic carbocycles. The molecule has 1 amide bonds. The first kappa shape index (κ1) is 19.4. The Kier molecular flexibility index (Phi) is 6.45. The number of ether oxygens (including phenoxy) is 1. The Balaban J connectivity index is 1.72. The number of hydrogen-bond acceptors (Lipinski definition) is 4. The molecular weight excluding hydrogens is 356 g/mol. The van der Waals surface area contributed by atoms with Crippen LogP contribution in [0.1, 0.15) is 56.0 Å². The van der Waals surface area contributed by atoms with Gasteiger partial charge in [0.1, 0.15) is 5.75 Å². The molecule has 0 aliphatic carbocycles. The van der Waals surface area contributed by atoms with Crippen molar-refractivity contribution < 1.29 is 9.53 Å². The maximum absolute atomic E-state index is 12.6. The van der Waals surface area contributed by atoms with Crippen molar-refractivity contribution in [3.8, 4) is 5.75 Å². The number of rotatable bonds is 8. The number of benzene rings is 2. The number of unbranched alkanes of at least 4 members (excludes halogenated alkanes) is 1. The molecule has 0 spiro atoms. The maximum atomic E-state index is 12.6. The van der Waals surface area contributed by atoms with Crippen LogP contribution in [0, 0.1) is 0 Å². The normalized spacial score (nSPS) is 12.1. The van der Waals surface area contributed by atoms with Crippen LogP contribution in [0.4, 0.5) is 5.13 Å². The third-order valence-electron chi connectivity index (χ3n) is 4.50. The predicted octanol–water partition coefficient (Wildman–Crippen LogP) is 6.07. The van der Waals surface area contributed by atoms with Crippen LogP contribution in [0.3, 0.4) is 0 Å². The lowest BCUT2D eigenvalue weighted by Gasteiger charge is -2.13. The zero-order chi connectivity index (χ0) is 19.2. The van der Waals surface area contributed by atoms with E-state index in [9.17, 15) is 4.79 Å². The highest BCUT2D eigenvalue weighted by molar-refractivity contribution is 7.22. The molecule has 1 atom stereocenters. The summed E-state index contributed by atoms with van der Waals surface area (Å²) < 4.78 is 6.91. The lowest BCUT2D eigenvalue weighted by molar-refractivity contribution is 0.102. The molecule has 27 heavy (non-hydrogen) atoms. The molecular formula is C22H26N2O2S. The molecule has 0 saturated carbocycles. The SMILES string of the molecule is CCCCc1ccc2nc(NC(=O)c3cccc(O[C@@H](C)CC)c3)sc2c1. The van der Waals surface area contributed by atoms with E-state index in [1.807, 2.05) is 25.1 Å². The molecule has 4 nitrogen and oxygen atoms in total. The van der Waals surface area contributed by atoms with Gasteiger partial charge in [0.25, 0.3) is 5.91 Å². The fourth-order valence-electron chi connectivity index (χ4n) is 2.75. The molecule has 0 saturated heterocycles. The fourth-order valence-corrected chi connectivity index (χ4v) is 3.68. The van der Waals surface area contributed by atoms with E-state index >= 15 is 0 Å². The number of nitrogens with zero attached hydrogens (tertiary/aromatic N) is 1. The Morgan fingerprint density at radius 3 is 2.85 bits per heavy atom. The summed E-state index contributed by atoms with van der Waals surface area (Å²) in [7, 11) is 0. The van der Waals surface area contributed by atoms with Gasteiger partial charge >= 0.3 is 0 Å². The highest BCUT2D eigenvalue weighted by Crippen LogP contribution is 2.28. The van der Waals surface area contributed by atoms with E-state index in [1.54, 1.807) is 12.1 Å². The van der Waals surface area contributed by atoms with E-state index in [0.29, 0.717) is 16.4 Å². The van der Waals surface area contributed by atoms with Crippen LogP contribution < -0.4 is 10.1 Å². The third kappa shape index (κ3) is 5.07. The molecule has 5 heteroatoms. The monoisotopic (exact) mass is 382 g/mol. The van der Waals surface area contributed by atoms with Gasteiger partial charge in [-0.1, -0.05) is 43.7 Å². The van der Waals surface area contributed by atoms with Crippen molar-refractivity contribution in [1.29, 1.82) is 0 Å². The minimum absolute atomic E-state index is 0.120. The summed E-state index contributed by atoms with van der Waals surface area (Å²) in [5.74, 6) is 0.539. The van der Waals surface area contributed by atoms with Crippen LogP contribution in [-0.4, -0.2) is 17.0 Å². The van der Waals surface area contributed by atoms with Crippen LogP contribution in [0.5, 0.6) is 5.75 Å². The fraction of sp³-hybridized carbons (Fsp3) is 0.364. The predicted molar refractivity (Wildman–Crippen MR) is 113 cm³/mol. The first-order chi connectivity index (χ1) is 13.1. The van der Waals surface area contributed by atoms with Gasteiger partial charge in [-0.05, 0) is 62.1 Å². The molecule has 1 N–H and O–H groups in total. The number of fused-ring (bicyclic) bond motifs is 1. The van der Waals surface area contributed by atoms with E-state index in [2.05, 4.69) is 36.3 Å². The van der Waals surface area contributed by atoms with Gasteiger partial charge in [0.15, 0.2) is 5.13 Å². The molecule has 3 aromatic rings. The summed E-state index contributed by atoms with van der Waals surface area (Å²) in [6.07, 6.45) is 4.48. The van der Waals surface area contributed by atoms with Crippen LogP contribution in [-0.2, 0) is 6.42 Å². The van der Waals surface area contributed by atoms with E-state index in [-0.39, 0.29) is 12.0 Å². The number of aryl methyl sites for hydroxylation is 1. The zero-order valence-corrected chi connectivity index (χ0v) is 16.9. The van der Waals surface area contributed by atoms with Gasteiger partial charge in [-0.25, -0.2) is 4.98 Å². The number of hydrogen-bond donors (Lipinski definition) is 1. The average Bonchev–Trinajstić information content (AvgIpc) is 3.07. The van der Waals surface area contributed by atoms with Crippen molar-refractivity contribution in [1.82, 2.24) is 4.98 Å². The maximum Gasteiger partial charge on any atom is 0.257 e. The number of carbonyl (C=O) groups is 1. The van der Waals surface area contributed by atoms with Gasteiger partial charge in [-0.15, -0.1) is 0 Å². The second-order valence-corrected chi connectivity index (χ2v) is 7.77. The van der Waals surface area contributed by atoms with Gasteiger partial charge in [0.05, 0.1) is 16.3 Å². The summed E-state index contributed by atoms with van der Waals surface area (Å²) >= 11 is 1.51. The topological polar surface area (TPSA) is 51.2 Å². The molecule has 1 aromatic heterocycles. The number of aromatic nitrogens is 1. The molecule has 3 rings (SSSR count). The molecule has 0 bridgehead atoms. The Hall–Kier alpha value is -2.40. The highest BCUT2D eigenvalue weighted by Gasteiger charge is 2.12. The average molecular weight is 383 g/mol. The minimum Gasteiger partial charge on any atom is -0.491 e. The van der Waals surface area contributed by atoms with Crippen LogP contribution >= 0.6 is 11.3 Å². The first-order valence-electron chi connectivity index (χ1n) is 9.56. The van der Waals surface area contributed by atoms with Crippen molar-refractivity contribution >= 4 is 32.6 Å². The van der Waals surface area contributed by atoms with Gasteiger partial charge in [0.2, 0.25) is 0 Å². The van der Waals surface area contributed by atoms with Crippen LogP contribution in [0.15, 0.2) is 42.5 Å². The van der Waals surface area contributed by atoms with Gasteiger partial charge in [-0.2, -0.15) is 0 Å². The Morgan fingerprint density at radius 2 is 2.07 bits per heavy atom. The largest absolute Gasteiger partial charge is 0.491 e. The standard InChI is InChI=1S/C22H26N2O2S/c1-4-6-8-16-11-12-19-20(13-16)27-22(23-19)24-21(25)17-9-7-10-18(14-17)26-15(3)5-2/h7,9-15H,4-6,8H2,1-3H3,(H,23,24,25)/t15-/m0/s1. The Bertz CT molecular complexity index is 920. The first-order valence-corrected chi connectivity index (χ1v) is 10.4. The summed E-state index contributed by atoms with van der Waals surface area (Å²) in [6, 6.07) is 13.6. The van der Waals surface area contributed by atoms with Gasteiger partial charge in [0, 0.05) is 5.56 Å². The number of thiazole rings is 1. The quantitative estimate of drug-likeness (QED) is 0.514. The second-order valence-electron chi connectivity index (χ2n) is 6.74. The second kappa shape index (κ2) is 9.00. The number of amides is 1. The molecule has 1 heterocycles. The van der Waals surface area contributed by atoms with E-state index in [4.69, 9.17) is 4.74 Å². The van der Waals surface area contributed by atoms with E-state index in [1.165, 1.54) is 29.7 Å². The third-order valence-corrected chi connectivity index (χ3v) is 5.43. The molecule has 0 aliphatic rings. The summed E-state index contributed by atoms with van der Waals surface area (Å²) in [4.78, 5) is 17.1. The lowest BCUT2D eigenvalue weighted by atomic mass is 10.1. The summed E-state index contributed by atoms with van der Waals surface area (Å²) in [5.41, 5.74) is 2.81. The molecule has 142 valence electrons. The lowest BCUT2D eigenvalue weighted by Crippen LogP contribution is -2.13. The van der Waals surface area contributed by atoms with Gasteiger partial charge in [-0.3, -0.25) is 10.1 Å². The van der Waals surface area contributed by atoms with Crippen molar-refractivity contribution in [3.05, 3.63) is 53.6 Å². The number of anilines is 1. The summed E-state index contributed by atoms with van der Waals surface area (Å²) in [6.45, 7) is 6.28. The van der Waals surface area contributed by atoms with Crippen LogP contribution in [0.2, 0.25) is 0 Å². The number of carbonyl (C=O) groups excluding carboxylic acids is 1. The number of nitrogens with one attached hydrogen (secondary N) is 1. The smallest absolute Gasteiger partial charge is 0.257 e. The molecule has 0 aliphatic heterocycles. The molecule has 0 fully saturated rings. The van der Waals surface area contributed by atoms with Crippen molar-refractivity contribution in [2.75, 3.05) is 5.32 Å². The Morgan fingerprint density at radius 1 is 1.22 bits per heavy atom. The molecule has 0 radical (unpaired) electrons.